The van der Waals surface area contributed by atoms with Gasteiger partial charge in [0, 0.05) is 18.5 Å². The molecule has 2 aromatic rings. The van der Waals surface area contributed by atoms with Crippen molar-refractivity contribution in [3.8, 4) is 5.75 Å². The van der Waals surface area contributed by atoms with Gasteiger partial charge in [-0.15, -0.1) is 0 Å². The van der Waals surface area contributed by atoms with Crippen molar-refractivity contribution in [3.05, 3.63) is 65.7 Å². The number of benzene rings is 2. The third kappa shape index (κ3) is 9.85. The SMILES string of the molecule is CC(C)(C)N(CC(O)[C@@H]1Cc2ccc(cc2)OCCCC(=O)N[C@@H](CC(N)=O)C(=O)N1)C(=O)[C@@H](N)Cc1ccccc1. The highest BCUT2D eigenvalue weighted by Gasteiger charge is 2.35. The number of aliphatic hydroxyl groups excluding tert-OH is 1. The maximum atomic E-state index is 13.6. The Bertz CT molecular complexity index is 1210. The monoisotopic (exact) mass is 581 g/mol. The number of nitrogens with two attached hydrogens (primary N) is 2. The summed E-state index contributed by atoms with van der Waals surface area (Å²) in [5, 5.41) is 16.9. The van der Waals surface area contributed by atoms with Crippen molar-refractivity contribution in [2.24, 2.45) is 11.5 Å². The van der Waals surface area contributed by atoms with Gasteiger partial charge in [-0.2, -0.15) is 0 Å². The standard InChI is InChI=1S/C31H43N5O6/c1-31(2,3)36(30(41)23(32)16-20-8-5-4-6-9-20)19-26(37)24-17-21-11-13-22(14-12-21)42-15-7-10-28(39)34-25(18-27(33)38)29(40)35-24/h4-6,8-9,11-14,23-26,37H,7,10,15-19,32H2,1-3H3,(H2,33,38)(H,34,39)(H,35,40)/t23-,24-,25-,26?/m0/s1. The molecule has 0 spiro atoms. The number of hydrogen-bond donors (Lipinski definition) is 5. The van der Waals surface area contributed by atoms with Gasteiger partial charge < -0.3 is 36.8 Å². The molecule has 42 heavy (non-hydrogen) atoms. The molecule has 4 amide bonds. The van der Waals surface area contributed by atoms with Crippen molar-refractivity contribution in [1.29, 1.82) is 0 Å². The molecular formula is C31H43N5O6. The first-order chi connectivity index (χ1) is 19.8. The largest absolute Gasteiger partial charge is 0.494 e. The summed E-state index contributed by atoms with van der Waals surface area (Å²) in [7, 11) is 0. The van der Waals surface area contributed by atoms with Gasteiger partial charge in [-0.25, -0.2) is 0 Å². The van der Waals surface area contributed by atoms with E-state index in [4.69, 9.17) is 16.2 Å². The second-order valence-corrected chi connectivity index (χ2v) is 11.7. The smallest absolute Gasteiger partial charge is 0.243 e. The summed E-state index contributed by atoms with van der Waals surface area (Å²) < 4.78 is 5.71. The van der Waals surface area contributed by atoms with Gasteiger partial charge >= 0.3 is 0 Å². The van der Waals surface area contributed by atoms with Crippen LogP contribution in [0.4, 0.5) is 0 Å². The molecule has 4 atom stereocenters. The molecular weight excluding hydrogens is 538 g/mol. The summed E-state index contributed by atoms with van der Waals surface area (Å²) in [6.07, 6.45) is -0.622. The zero-order chi connectivity index (χ0) is 30.9. The number of aliphatic hydroxyl groups is 1. The molecule has 0 saturated carbocycles. The van der Waals surface area contributed by atoms with Crippen LogP contribution < -0.4 is 26.8 Å². The Labute approximate surface area is 247 Å². The van der Waals surface area contributed by atoms with Gasteiger partial charge in [-0.3, -0.25) is 19.2 Å². The molecule has 1 unspecified atom stereocenters. The van der Waals surface area contributed by atoms with E-state index in [0.717, 1.165) is 11.1 Å². The number of hydrogen-bond acceptors (Lipinski definition) is 7. The number of nitrogens with zero attached hydrogens (tertiary/aromatic N) is 1. The van der Waals surface area contributed by atoms with Crippen molar-refractivity contribution in [1.82, 2.24) is 15.5 Å². The van der Waals surface area contributed by atoms with Crippen molar-refractivity contribution in [3.63, 3.8) is 0 Å². The van der Waals surface area contributed by atoms with Gasteiger partial charge in [0.15, 0.2) is 0 Å². The minimum absolute atomic E-state index is 0.0819. The number of rotatable bonds is 8. The fraction of sp³-hybridized carbons (Fsp3) is 0.484. The fourth-order valence-corrected chi connectivity index (χ4v) is 4.81. The van der Waals surface area contributed by atoms with Crippen LogP contribution >= 0.6 is 0 Å². The molecule has 2 bridgehead atoms. The number of nitrogens with one attached hydrogen (secondary N) is 2. The number of amides is 4. The zero-order valence-electron chi connectivity index (χ0n) is 24.5. The Hall–Kier alpha value is -3.96. The highest BCUT2D eigenvalue weighted by Crippen LogP contribution is 2.20. The van der Waals surface area contributed by atoms with E-state index in [-0.39, 0.29) is 25.3 Å². The summed E-state index contributed by atoms with van der Waals surface area (Å²) in [5.41, 5.74) is 12.7. The van der Waals surface area contributed by atoms with E-state index >= 15 is 0 Å². The first kappa shape index (κ1) is 32.6. The lowest BCUT2D eigenvalue weighted by molar-refractivity contribution is -0.140. The van der Waals surface area contributed by atoms with Crippen molar-refractivity contribution in [2.45, 2.75) is 82.6 Å². The predicted octanol–water partition coefficient (Wildman–Crippen LogP) is 0.805. The van der Waals surface area contributed by atoms with E-state index < -0.39 is 53.9 Å². The maximum Gasteiger partial charge on any atom is 0.243 e. The van der Waals surface area contributed by atoms with Crippen LogP contribution in [-0.2, 0) is 32.0 Å². The normalized spacial score (nSPS) is 19.7. The fourth-order valence-electron chi connectivity index (χ4n) is 4.81. The number of ether oxygens (including phenoxy) is 1. The molecule has 4 rings (SSSR count). The van der Waals surface area contributed by atoms with Gasteiger partial charge in [-0.05, 0) is 63.3 Å². The van der Waals surface area contributed by atoms with E-state index in [2.05, 4.69) is 10.6 Å². The molecule has 0 aromatic heterocycles. The highest BCUT2D eigenvalue weighted by atomic mass is 16.5. The summed E-state index contributed by atoms with van der Waals surface area (Å²) >= 11 is 0. The number of carbonyl (C=O) groups is 4. The van der Waals surface area contributed by atoms with E-state index in [0.29, 0.717) is 25.2 Å². The molecule has 11 heteroatoms. The Morgan fingerprint density at radius 1 is 1.07 bits per heavy atom. The van der Waals surface area contributed by atoms with Crippen LogP contribution in [-0.4, -0.2) is 76.6 Å². The van der Waals surface area contributed by atoms with E-state index in [1.54, 1.807) is 12.1 Å². The van der Waals surface area contributed by atoms with Crippen LogP contribution in [0, 0.1) is 0 Å². The molecule has 2 aromatic carbocycles. The number of primary amides is 1. The van der Waals surface area contributed by atoms with Gasteiger partial charge in [0.05, 0.1) is 31.2 Å². The molecule has 0 radical (unpaired) electrons. The molecule has 0 saturated heterocycles. The average Bonchev–Trinajstić information content (AvgIpc) is 2.93. The van der Waals surface area contributed by atoms with Crippen LogP contribution in [0.2, 0.25) is 0 Å². The second-order valence-electron chi connectivity index (χ2n) is 11.7. The third-order valence-corrected chi connectivity index (χ3v) is 7.11. The summed E-state index contributed by atoms with van der Waals surface area (Å²) in [6.45, 7) is 5.71. The van der Waals surface area contributed by atoms with Crippen LogP contribution in [0.25, 0.3) is 0 Å². The van der Waals surface area contributed by atoms with Crippen LogP contribution in [0.1, 0.15) is 51.2 Å². The summed E-state index contributed by atoms with van der Waals surface area (Å²) in [6, 6.07) is 13.7. The molecule has 2 heterocycles. The number of carbonyl (C=O) groups excluding carboxylic acids is 4. The average molecular weight is 582 g/mol. The minimum Gasteiger partial charge on any atom is -0.494 e. The molecule has 0 aliphatic carbocycles. The lowest BCUT2D eigenvalue weighted by atomic mass is 9.96. The molecule has 0 fully saturated rings. The summed E-state index contributed by atoms with van der Waals surface area (Å²) in [4.78, 5) is 52.7. The lowest BCUT2D eigenvalue weighted by Gasteiger charge is -2.40. The molecule has 11 nitrogen and oxygen atoms in total. The third-order valence-electron chi connectivity index (χ3n) is 7.11. The van der Waals surface area contributed by atoms with Crippen molar-refractivity contribution in [2.75, 3.05) is 13.2 Å². The van der Waals surface area contributed by atoms with Gasteiger partial charge in [0.2, 0.25) is 23.6 Å². The Morgan fingerprint density at radius 3 is 2.36 bits per heavy atom. The van der Waals surface area contributed by atoms with Crippen LogP contribution in [0.15, 0.2) is 54.6 Å². The van der Waals surface area contributed by atoms with Gasteiger partial charge in [-0.1, -0.05) is 42.5 Å². The van der Waals surface area contributed by atoms with E-state index in [9.17, 15) is 24.3 Å². The zero-order valence-corrected chi connectivity index (χ0v) is 24.5. The number of fused-ring (bicyclic) bond motifs is 12. The maximum absolute atomic E-state index is 13.6. The van der Waals surface area contributed by atoms with Crippen LogP contribution in [0.3, 0.4) is 0 Å². The molecule has 2 aliphatic heterocycles. The first-order valence-electron chi connectivity index (χ1n) is 14.2. The molecule has 2 aliphatic rings. The van der Waals surface area contributed by atoms with E-state index in [1.807, 2.05) is 63.2 Å². The second kappa shape index (κ2) is 14.8. The Balaban J connectivity index is 1.87. The Morgan fingerprint density at radius 2 is 1.74 bits per heavy atom. The highest BCUT2D eigenvalue weighted by molar-refractivity contribution is 5.91. The van der Waals surface area contributed by atoms with Gasteiger partial charge in [0.25, 0.3) is 0 Å². The molecule has 228 valence electrons. The minimum atomic E-state index is -1.22. The van der Waals surface area contributed by atoms with E-state index in [1.165, 1.54) is 4.90 Å². The van der Waals surface area contributed by atoms with Crippen LogP contribution in [0.5, 0.6) is 5.75 Å². The van der Waals surface area contributed by atoms with Crippen molar-refractivity contribution >= 4 is 23.6 Å². The molecule has 7 N–H and O–H groups in total. The van der Waals surface area contributed by atoms with Gasteiger partial charge in [0.1, 0.15) is 11.8 Å². The lowest BCUT2D eigenvalue weighted by Crippen LogP contribution is -2.59. The topological polar surface area (TPSA) is 177 Å². The first-order valence-corrected chi connectivity index (χ1v) is 14.2. The Kier molecular flexibility index (Phi) is 11.5. The summed E-state index contributed by atoms with van der Waals surface area (Å²) in [5.74, 6) is -1.57. The quantitative estimate of drug-likeness (QED) is 0.306. The number of β-amino-alcohol motifs (C(OH)–C–C–N with tert-alkyl or cyclic N) is 1. The van der Waals surface area contributed by atoms with Crippen molar-refractivity contribution < 1.29 is 29.0 Å². The predicted molar refractivity (Wildman–Crippen MR) is 158 cm³/mol.